The third-order valence-corrected chi connectivity index (χ3v) is 7.24. The lowest BCUT2D eigenvalue weighted by atomic mass is 9.95. The van der Waals surface area contributed by atoms with Gasteiger partial charge in [-0.25, -0.2) is 4.99 Å². The molecule has 0 spiro atoms. The Kier molecular flexibility index (Phi) is 6.29. The van der Waals surface area contributed by atoms with Gasteiger partial charge in [0.2, 0.25) is 0 Å². The second-order valence-corrected chi connectivity index (χ2v) is 9.51. The number of aryl methyl sites for hydroxylation is 2. The number of nitro groups is 1. The van der Waals surface area contributed by atoms with E-state index >= 15 is 0 Å². The van der Waals surface area contributed by atoms with Crippen LogP contribution in [0.2, 0.25) is 0 Å². The van der Waals surface area contributed by atoms with Crippen molar-refractivity contribution in [3.05, 3.63) is 98.1 Å². The van der Waals surface area contributed by atoms with Crippen LogP contribution in [-0.2, 0) is 12.8 Å². The standard InChI is InChI=1S/C27H23N3O4S/c1-17-11-12-18(15-22(17)30(32)33)23-14-13-20(34-23)16-28-27-25(21-9-5-6-10-24(21)35-27)26(31)29-19-7-3-2-4-8-19/h2-4,7-8,11-16H,5-6,9-10H2,1H3,(H,29,31). The lowest BCUT2D eigenvalue weighted by Gasteiger charge is -2.12. The van der Waals surface area contributed by atoms with Gasteiger partial charge >= 0.3 is 0 Å². The van der Waals surface area contributed by atoms with Gasteiger partial charge in [0.25, 0.3) is 11.6 Å². The van der Waals surface area contributed by atoms with Crippen LogP contribution in [0.25, 0.3) is 11.3 Å². The SMILES string of the molecule is Cc1ccc(-c2ccc(C=Nc3sc4c(c3C(=O)Nc3ccccc3)CCCC4)o2)cc1[N+](=O)[O-]. The number of para-hydroxylation sites is 1. The molecule has 0 radical (unpaired) electrons. The van der Waals surface area contributed by atoms with Crippen LogP contribution >= 0.6 is 11.3 Å². The molecule has 35 heavy (non-hydrogen) atoms. The Bertz CT molecular complexity index is 1440. The molecule has 7 nitrogen and oxygen atoms in total. The Labute approximate surface area is 206 Å². The van der Waals surface area contributed by atoms with Crippen LogP contribution in [0.3, 0.4) is 0 Å². The molecule has 0 unspecified atom stereocenters. The van der Waals surface area contributed by atoms with E-state index < -0.39 is 4.92 Å². The monoisotopic (exact) mass is 485 g/mol. The topological polar surface area (TPSA) is 97.7 Å². The van der Waals surface area contributed by atoms with Gasteiger partial charge in [-0.3, -0.25) is 14.9 Å². The normalized spacial score (nSPS) is 13.1. The Balaban J connectivity index is 1.43. The van der Waals surface area contributed by atoms with E-state index in [0.717, 1.165) is 36.9 Å². The van der Waals surface area contributed by atoms with Gasteiger partial charge < -0.3 is 9.73 Å². The van der Waals surface area contributed by atoms with E-state index in [1.807, 2.05) is 30.3 Å². The van der Waals surface area contributed by atoms with Crippen molar-refractivity contribution in [1.29, 1.82) is 0 Å². The molecular formula is C27H23N3O4S. The smallest absolute Gasteiger partial charge is 0.273 e. The van der Waals surface area contributed by atoms with E-state index in [2.05, 4.69) is 10.3 Å². The molecule has 4 aromatic rings. The van der Waals surface area contributed by atoms with E-state index in [0.29, 0.717) is 33.2 Å². The summed E-state index contributed by atoms with van der Waals surface area (Å²) in [5.74, 6) is 0.862. The fourth-order valence-electron chi connectivity index (χ4n) is 4.25. The molecule has 0 saturated heterocycles. The van der Waals surface area contributed by atoms with Crippen LogP contribution in [0.15, 0.2) is 70.1 Å². The third-order valence-electron chi connectivity index (χ3n) is 6.04. The minimum Gasteiger partial charge on any atom is -0.455 e. The first kappa shape index (κ1) is 22.7. The fourth-order valence-corrected chi connectivity index (χ4v) is 5.48. The van der Waals surface area contributed by atoms with Crippen molar-refractivity contribution in [3.63, 3.8) is 0 Å². The first-order chi connectivity index (χ1) is 17.0. The van der Waals surface area contributed by atoms with Crippen LogP contribution < -0.4 is 5.32 Å². The van der Waals surface area contributed by atoms with E-state index in [-0.39, 0.29) is 11.6 Å². The van der Waals surface area contributed by atoms with Gasteiger partial charge in [0, 0.05) is 27.8 Å². The van der Waals surface area contributed by atoms with Crippen LogP contribution in [0, 0.1) is 17.0 Å². The molecule has 1 N–H and O–H groups in total. The van der Waals surface area contributed by atoms with Crippen molar-refractivity contribution in [2.24, 2.45) is 4.99 Å². The van der Waals surface area contributed by atoms with Crippen molar-refractivity contribution in [1.82, 2.24) is 0 Å². The molecule has 1 aliphatic rings. The predicted octanol–water partition coefficient (Wildman–Crippen LogP) is 7.11. The Morgan fingerprint density at radius 2 is 1.91 bits per heavy atom. The number of anilines is 1. The van der Waals surface area contributed by atoms with Crippen LogP contribution in [0.4, 0.5) is 16.4 Å². The zero-order chi connectivity index (χ0) is 24.4. The molecule has 8 heteroatoms. The molecule has 1 amide bonds. The number of rotatable bonds is 6. The molecule has 0 fully saturated rings. The van der Waals surface area contributed by atoms with Crippen LogP contribution in [0.5, 0.6) is 0 Å². The van der Waals surface area contributed by atoms with Gasteiger partial charge in [0.1, 0.15) is 16.5 Å². The number of nitrogens with zero attached hydrogens (tertiary/aromatic N) is 2. The predicted molar refractivity (Wildman–Crippen MR) is 138 cm³/mol. The third kappa shape index (κ3) is 4.79. The summed E-state index contributed by atoms with van der Waals surface area (Å²) in [6, 6.07) is 17.9. The quantitative estimate of drug-likeness (QED) is 0.179. The maximum absolute atomic E-state index is 13.2. The summed E-state index contributed by atoms with van der Waals surface area (Å²) in [6.45, 7) is 1.70. The summed E-state index contributed by atoms with van der Waals surface area (Å²) >= 11 is 1.55. The van der Waals surface area contributed by atoms with Crippen LogP contribution in [-0.4, -0.2) is 17.0 Å². The Hall–Kier alpha value is -4.04. The van der Waals surface area contributed by atoms with Gasteiger partial charge in [-0.05, 0) is 62.4 Å². The number of hydrogen-bond acceptors (Lipinski definition) is 6. The summed E-state index contributed by atoms with van der Waals surface area (Å²) in [6.07, 6.45) is 5.60. The van der Waals surface area contributed by atoms with E-state index in [1.165, 1.54) is 10.9 Å². The van der Waals surface area contributed by atoms with Gasteiger partial charge in [-0.1, -0.05) is 30.3 Å². The first-order valence-electron chi connectivity index (χ1n) is 11.4. The number of hydrogen-bond donors (Lipinski definition) is 1. The van der Waals surface area contributed by atoms with Crippen molar-refractivity contribution in [2.45, 2.75) is 32.6 Å². The van der Waals surface area contributed by atoms with Crippen molar-refractivity contribution < 1.29 is 14.1 Å². The minimum absolute atomic E-state index is 0.0485. The zero-order valence-corrected chi connectivity index (χ0v) is 19.9. The van der Waals surface area contributed by atoms with E-state index in [1.54, 1.807) is 48.7 Å². The van der Waals surface area contributed by atoms with Crippen molar-refractivity contribution >= 4 is 39.8 Å². The number of benzene rings is 2. The number of aliphatic imine (C=N–C) groups is 1. The molecule has 2 heterocycles. The number of amides is 1. The molecule has 0 aliphatic heterocycles. The maximum atomic E-state index is 13.2. The molecule has 2 aromatic heterocycles. The highest BCUT2D eigenvalue weighted by molar-refractivity contribution is 7.16. The maximum Gasteiger partial charge on any atom is 0.273 e. The number of carbonyl (C=O) groups excluding carboxylic acids is 1. The summed E-state index contributed by atoms with van der Waals surface area (Å²) in [5, 5.41) is 14.9. The number of nitro benzene ring substituents is 1. The molecule has 0 atom stereocenters. The molecular weight excluding hydrogens is 462 g/mol. The van der Waals surface area contributed by atoms with Gasteiger partial charge in [-0.15, -0.1) is 11.3 Å². The summed E-state index contributed by atoms with van der Waals surface area (Å²) in [7, 11) is 0. The number of nitrogens with one attached hydrogen (secondary N) is 1. The summed E-state index contributed by atoms with van der Waals surface area (Å²) < 4.78 is 5.90. The van der Waals surface area contributed by atoms with Crippen molar-refractivity contribution in [3.8, 4) is 11.3 Å². The average Bonchev–Trinajstić information content (AvgIpc) is 3.48. The molecule has 176 valence electrons. The molecule has 5 rings (SSSR count). The second-order valence-electron chi connectivity index (χ2n) is 8.43. The molecule has 0 saturated carbocycles. The minimum atomic E-state index is -0.398. The molecule has 1 aliphatic carbocycles. The van der Waals surface area contributed by atoms with Gasteiger partial charge in [-0.2, -0.15) is 0 Å². The number of fused-ring (bicyclic) bond motifs is 1. The number of carbonyl (C=O) groups is 1. The number of furan rings is 1. The highest BCUT2D eigenvalue weighted by atomic mass is 32.1. The van der Waals surface area contributed by atoms with Gasteiger partial charge in [0.15, 0.2) is 0 Å². The highest BCUT2D eigenvalue weighted by Crippen LogP contribution is 2.40. The van der Waals surface area contributed by atoms with Crippen LogP contribution in [0.1, 0.15) is 45.0 Å². The van der Waals surface area contributed by atoms with Gasteiger partial charge in [0.05, 0.1) is 16.7 Å². The average molecular weight is 486 g/mol. The highest BCUT2D eigenvalue weighted by Gasteiger charge is 2.25. The van der Waals surface area contributed by atoms with Crippen molar-refractivity contribution in [2.75, 3.05) is 5.32 Å². The zero-order valence-electron chi connectivity index (χ0n) is 19.1. The lowest BCUT2D eigenvalue weighted by Crippen LogP contribution is -2.14. The second kappa shape index (κ2) is 9.68. The summed E-state index contributed by atoms with van der Waals surface area (Å²) in [4.78, 5) is 30.0. The first-order valence-corrected chi connectivity index (χ1v) is 12.2. The molecule has 2 aromatic carbocycles. The van der Waals surface area contributed by atoms with E-state index in [4.69, 9.17) is 4.42 Å². The number of thiophene rings is 1. The van der Waals surface area contributed by atoms with E-state index in [9.17, 15) is 14.9 Å². The lowest BCUT2D eigenvalue weighted by molar-refractivity contribution is -0.385. The Morgan fingerprint density at radius 1 is 1.11 bits per heavy atom. The largest absolute Gasteiger partial charge is 0.455 e. The summed E-state index contributed by atoms with van der Waals surface area (Å²) in [5.41, 5.74) is 3.73. The fraction of sp³-hybridized carbons (Fsp3) is 0.185. The molecule has 0 bridgehead atoms. The Morgan fingerprint density at radius 3 is 2.71 bits per heavy atom.